The third-order valence-electron chi connectivity index (χ3n) is 5.24. The van der Waals surface area contributed by atoms with Gasteiger partial charge < -0.3 is 30.1 Å². The minimum atomic E-state index is 0.635. The number of anilines is 2. The van der Waals surface area contributed by atoms with Crippen LogP contribution in [0.25, 0.3) is 10.8 Å². The average Bonchev–Trinajstić information content (AvgIpc) is 2.97. The fourth-order valence-corrected chi connectivity index (χ4v) is 3.38. The van der Waals surface area contributed by atoms with E-state index < -0.39 is 0 Å². The first kappa shape index (κ1) is 33.0. The molecule has 37 heavy (non-hydrogen) atoms. The Morgan fingerprint density at radius 3 is 1.57 bits per heavy atom. The number of nitrogens with one attached hydrogen (secondary N) is 2. The summed E-state index contributed by atoms with van der Waals surface area (Å²) in [7, 11) is 4.66. The lowest BCUT2D eigenvalue weighted by Gasteiger charge is -2.13. The van der Waals surface area contributed by atoms with Crippen molar-refractivity contribution in [2.45, 2.75) is 27.0 Å². The van der Waals surface area contributed by atoms with Gasteiger partial charge in [-0.2, -0.15) is 0 Å². The Balaban J connectivity index is 0.000000723. The van der Waals surface area contributed by atoms with Crippen molar-refractivity contribution < 1.29 is 19.4 Å². The van der Waals surface area contributed by atoms with Gasteiger partial charge in [-0.25, -0.2) is 0 Å². The lowest BCUT2D eigenvalue weighted by atomic mass is 10.0. The Hall–Kier alpha value is -4.00. The molecule has 0 atom stereocenters. The van der Waals surface area contributed by atoms with Crippen LogP contribution in [0.2, 0.25) is 0 Å². The van der Waals surface area contributed by atoms with Gasteiger partial charge in [-0.3, -0.25) is 0 Å². The molecule has 0 amide bonds. The minimum Gasteiger partial charge on any atom is -0.400 e. The molecular formula is C31H40N2O4. The largest absolute Gasteiger partial charge is 0.400 e. The number of aliphatic hydroxyl groups is 1. The number of rotatable bonds is 6. The predicted octanol–water partition coefficient (Wildman–Crippen LogP) is 6.18. The first-order valence-electron chi connectivity index (χ1n) is 11.7. The molecule has 4 aromatic rings. The first-order valence-corrected chi connectivity index (χ1v) is 11.7. The standard InChI is InChI=1S/C20H21NO.C8H11N.CH4O.2CH2O/c1-15-7-9-20(10-8-15)21-13-18-11-16-5-3-4-6-17(16)12-19(18)14-22-2;1-7-3-5-8(9-2)6-4-7;3*1-2/h3-12,21H,13-14H2,1-2H3;3-6,9H,1-2H3;2H,1H3;2*1H2. The summed E-state index contributed by atoms with van der Waals surface area (Å²) in [6, 6.07) is 29.7. The molecule has 3 N–H and O–H groups in total. The molecule has 6 nitrogen and oxygen atoms in total. The van der Waals surface area contributed by atoms with Gasteiger partial charge in [0.1, 0.15) is 13.6 Å². The monoisotopic (exact) mass is 504 g/mol. The van der Waals surface area contributed by atoms with Gasteiger partial charge in [0.25, 0.3) is 0 Å². The van der Waals surface area contributed by atoms with Gasteiger partial charge in [0.05, 0.1) is 6.61 Å². The molecule has 0 unspecified atom stereocenters. The smallest absolute Gasteiger partial charge is 0.106 e. The third-order valence-corrected chi connectivity index (χ3v) is 5.24. The van der Waals surface area contributed by atoms with Crippen LogP contribution in [-0.2, 0) is 27.5 Å². The van der Waals surface area contributed by atoms with E-state index in [1.54, 1.807) is 7.11 Å². The van der Waals surface area contributed by atoms with E-state index in [2.05, 4.69) is 109 Å². The van der Waals surface area contributed by atoms with Gasteiger partial charge in [0, 0.05) is 39.2 Å². The second-order valence-electron chi connectivity index (χ2n) is 7.74. The molecule has 0 heterocycles. The lowest BCUT2D eigenvalue weighted by molar-refractivity contribution is -0.0987. The van der Waals surface area contributed by atoms with Gasteiger partial charge in [-0.05, 0) is 72.1 Å². The van der Waals surface area contributed by atoms with Crippen molar-refractivity contribution in [3.05, 3.63) is 107 Å². The highest BCUT2D eigenvalue weighted by Crippen LogP contribution is 2.22. The topological polar surface area (TPSA) is 87.7 Å². The molecule has 198 valence electrons. The zero-order chi connectivity index (χ0) is 28.1. The van der Waals surface area contributed by atoms with Crippen LogP contribution in [0.15, 0.2) is 84.9 Å². The fraction of sp³-hybridized carbons (Fsp3) is 0.226. The molecular weight excluding hydrogens is 464 g/mol. The van der Waals surface area contributed by atoms with Crippen LogP contribution in [-0.4, -0.2) is 40.0 Å². The van der Waals surface area contributed by atoms with Crippen molar-refractivity contribution in [3.8, 4) is 0 Å². The number of aryl methyl sites for hydroxylation is 2. The van der Waals surface area contributed by atoms with E-state index in [9.17, 15) is 0 Å². The minimum absolute atomic E-state index is 0.635. The van der Waals surface area contributed by atoms with Crippen molar-refractivity contribution in [2.75, 3.05) is 31.9 Å². The van der Waals surface area contributed by atoms with Gasteiger partial charge in [-0.1, -0.05) is 59.7 Å². The van der Waals surface area contributed by atoms with E-state index in [1.165, 1.54) is 38.7 Å². The van der Waals surface area contributed by atoms with Crippen LogP contribution in [0.5, 0.6) is 0 Å². The summed E-state index contributed by atoms with van der Waals surface area (Å²) in [6.07, 6.45) is 0. The summed E-state index contributed by atoms with van der Waals surface area (Å²) in [4.78, 5) is 16.0. The summed E-state index contributed by atoms with van der Waals surface area (Å²) in [5, 5.41) is 16.1. The average molecular weight is 505 g/mol. The highest BCUT2D eigenvalue weighted by Gasteiger charge is 2.05. The van der Waals surface area contributed by atoms with Crippen molar-refractivity contribution in [1.82, 2.24) is 0 Å². The zero-order valence-electron chi connectivity index (χ0n) is 22.6. The van der Waals surface area contributed by atoms with Crippen LogP contribution >= 0.6 is 0 Å². The Bertz CT molecular complexity index is 1130. The molecule has 4 rings (SSSR count). The van der Waals surface area contributed by atoms with Crippen LogP contribution in [0.4, 0.5) is 11.4 Å². The summed E-state index contributed by atoms with van der Waals surface area (Å²) in [5.74, 6) is 0. The van der Waals surface area contributed by atoms with Crippen molar-refractivity contribution >= 4 is 35.7 Å². The molecule has 0 spiro atoms. The number of carbonyl (C=O) groups is 2. The predicted molar refractivity (Wildman–Crippen MR) is 156 cm³/mol. The lowest BCUT2D eigenvalue weighted by Crippen LogP contribution is -2.04. The molecule has 0 saturated heterocycles. The Labute approximate surface area is 221 Å². The van der Waals surface area contributed by atoms with Crippen LogP contribution in [0.1, 0.15) is 22.3 Å². The normalized spacial score (nSPS) is 9.03. The number of hydrogen-bond acceptors (Lipinski definition) is 6. The highest BCUT2D eigenvalue weighted by atomic mass is 16.5. The summed E-state index contributed by atoms with van der Waals surface area (Å²) < 4.78 is 5.36. The van der Waals surface area contributed by atoms with Crippen molar-refractivity contribution in [3.63, 3.8) is 0 Å². The quantitative estimate of drug-likeness (QED) is 0.291. The van der Waals surface area contributed by atoms with Gasteiger partial charge in [-0.15, -0.1) is 0 Å². The first-order chi connectivity index (χ1) is 18.1. The maximum atomic E-state index is 8.00. The molecule has 0 aliphatic carbocycles. The number of aliphatic hydroxyl groups excluding tert-OH is 1. The number of benzene rings is 4. The van der Waals surface area contributed by atoms with Gasteiger partial charge in [0.15, 0.2) is 0 Å². The maximum Gasteiger partial charge on any atom is 0.106 e. The zero-order valence-corrected chi connectivity index (χ0v) is 22.6. The summed E-state index contributed by atoms with van der Waals surface area (Å²) in [5.41, 5.74) is 7.40. The van der Waals surface area contributed by atoms with E-state index >= 15 is 0 Å². The van der Waals surface area contributed by atoms with E-state index in [4.69, 9.17) is 19.4 Å². The highest BCUT2D eigenvalue weighted by molar-refractivity contribution is 5.84. The van der Waals surface area contributed by atoms with Gasteiger partial charge >= 0.3 is 0 Å². The molecule has 0 aliphatic rings. The Kier molecular flexibility index (Phi) is 18.0. The van der Waals surface area contributed by atoms with E-state index in [1.807, 2.05) is 20.6 Å². The summed E-state index contributed by atoms with van der Waals surface area (Å²) in [6.45, 7) is 9.62. The van der Waals surface area contributed by atoms with Crippen LogP contribution in [0, 0.1) is 13.8 Å². The van der Waals surface area contributed by atoms with Crippen LogP contribution in [0.3, 0.4) is 0 Å². The molecule has 0 radical (unpaired) electrons. The van der Waals surface area contributed by atoms with Crippen molar-refractivity contribution in [1.29, 1.82) is 0 Å². The van der Waals surface area contributed by atoms with Gasteiger partial charge in [0.2, 0.25) is 0 Å². The van der Waals surface area contributed by atoms with E-state index in [-0.39, 0.29) is 0 Å². The van der Waals surface area contributed by atoms with Crippen LogP contribution < -0.4 is 10.6 Å². The van der Waals surface area contributed by atoms with E-state index in [0.717, 1.165) is 19.3 Å². The third kappa shape index (κ3) is 12.0. The SMILES string of the molecule is C=O.C=O.CNc1ccc(C)cc1.CO.COCc1cc2ccccc2cc1CNc1ccc(C)cc1. The van der Waals surface area contributed by atoms with Crippen molar-refractivity contribution in [2.24, 2.45) is 0 Å². The molecule has 0 aliphatic heterocycles. The molecule has 0 fully saturated rings. The summed E-state index contributed by atoms with van der Waals surface area (Å²) >= 11 is 0. The fourth-order valence-electron chi connectivity index (χ4n) is 3.38. The molecule has 4 aromatic carbocycles. The number of methoxy groups -OCH3 is 1. The molecule has 0 bridgehead atoms. The molecule has 0 saturated carbocycles. The Morgan fingerprint density at radius 1 is 0.703 bits per heavy atom. The van der Waals surface area contributed by atoms with E-state index in [0.29, 0.717) is 6.61 Å². The molecule has 0 aromatic heterocycles. The maximum absolute atomic E-state index is 8.00. The second-order valence-corrected chi connectivity index (χ2v) is 7.74. The number of carbonyl (C=O) groups excluding carboxylic acids is 2. The number of fused-ring (bicyclic) bond motifs is 1. The number of hydrogen-bond donors (Lipinski definition) is 3. The molecule has 6 heteroatoms. The second kappa shape index (κ2) is 20.2. The number of ether oxygens (including phenoxy) is 1. The Morgan fingerprint density at radius 2 is 1.14 bits per heavy atom.